The van der Waals surface area contributed by atoms with Gasteiger partial charge in [-0.2, -0.15) is 0 Å². The van der Waals surface area contributed by atoms with E-state index in [1.165, 1.54) is 5.56 Å². The van der Waals surface area contributed by atoms with Crippen LogP contribution in [0.4, 0.5) is 0 Å². The van der Waals surface area contributed by atoms with Crippen LogP contribution < -0.4 is 9.47 Å². The van der Waals surface area contributed by atoms with Gasteiger partial charge < -0.3 is 9.47 Å². The number of hydrogen-bond donors (Lipinski definition) is 0. The van der Waals surface area contributed by atoms with Gasteiger partial charge in [-0.1, -0.05) is 46.3 Å². The molecule has 2 rings (SSSR count). The van der Waals surface area contributed by atoms with Gasteiger partial charge >= 0.3 is 0 Å². The average molecular weight is 307 g/mol. The third-order valence-electron chi connectivity index (χ3n) is 2.44. The third kappa shape index (κ3) is 4.08. The number of alkyl halides is 1. The van der Waals surface area contributed by atoms with E-state index in [2.05, 4.69) is 15.9 Å². The van der Waals surface area contributed by atoms with E-state index in [1.807, 2.05) is 54.6 Å². The standard InChI is InChI=1S/C15H15BrO2/c16-12-13-6-8-15(9-7-13)18-11-10-17-14-4-2-1-3-5-14/h1-9H,10-12H2. The Labute approximate surface area is 116 Å². The molecule has 0 bridgehead atoms. The van der Waals surface area contributed by atoms with Crippen molar-refractivity contribution in [3.63, 3.8) is 0 Å². The molecule has 0 heterocycles. The van der Waals surface area contributed by atoms with Crippen molar-refractivity contribution in [1.82, 2.24) is 0 Å². The Balaban J connectivity index is 1.72. The number of benzene rings is 2. The van der Waals surface area contributed by atoms with Crippen molar-refractivity contribution in [2.45, 2.75) is 5.33 Å². The highest BCUT2D eigenvalue weighted by atomic mass is 79.9. The summed E-state index contributed by atoms with van der Waals surface area (Å²) in [6, 6.07) is 17.8. The molecule has 18 heavy (non-hydrogen) atoms. The van der Waals surface area contributed by atoms with Gasteiger partial charge in [-0.15, -0.1) is 0 Å². The van der Waals surface area contributed by atoms with Crippen LogP contribution in [0.5, 0.6) is 11.5 Å². The Morgan fingerprint density at radius 1 is 0.722 bits per heavy atom. The molecule has 0 aliphatic heterocycles. The lowest BCUT2D eigenvalue weighted by Gasteiger charge is -2.08. The second kappa shape index (κ2) is 7.07. The van der Waals surface area contributed by atoms with Crippen molar-refractivity contribution in [3.05, 3.63) is 60.2 Å². The molecule has 3 heteroatoms. The highest BCUT2D eigenvalue weighted by molar-refractivity contribution is 9.08. The molecule has 0 unspecified atom stereocenters. The predicted octanol–water partition coefficient (Wildman–Crippen LogP) is 4.04. The lowest BCUT2D eigenvalue weighted by atomic mass is 10.2. The third-order valence-corrected chi connectivity index (χ3v) is 3.09. The summed E-state index contributed by atoms with van der Waals surface area (Å²) in [7, 11) is 0. The Bertz CT molecular complexity index is 454. The van der Waals surface area contributed by atoms with E-state index in [0.717, 1.165) is 16.8 Å². The van der Waals surface area contributed by atoms with Gasteiger partial charge in [0, 0.05) is 5.33 Å². The van der Waals surface area contributed by atoms with Gasteiger partial charge in [-0.3, -0.25) is 0 Å². The zero-order valence-corrected chi connectivity index (χ0v) is 11.6. The lowest BCUT2D eigenvalue weighted by molar-refractivity contribution is 0.217. The smallest absolute Gasteiger partial charge is 0.122 e. The molecule has 2 nitrogen and oxygen atoms in total. The first-order valence-corrected chi connectivity index (χ1v) is 6.96. The summed E-state index contributed by atoms with van der Waals surface area (Å²) in [6.07, 6.45) is 0. The minimum Gasteiger partial charge on any atom is -0.490 e. The average Bonchev–Trinajstić information content (AvgIpc) is 2.45. The van der Waals surface area contributed by atoms with Gasteiger partial charge in [0.2, 0.25) is 0 Å². The second-order valence-electron chi connectivity index (χ2n) is 3.79. The lowest BCUT2D eigenvalue weighted by Crippen LogP contribution is -2.08. The van der Waals surface area contributed by atoms with E-state index < -0.39 is 0 Å². The van der Waals surface area contributed by atoms with Gasteiger partial charge in [-0.25, -0.2) is 0 Å². The molecule has 0 amide bonds. The van der Waals surface area contributed by atoms with Crippen LogP contribution in [0, 0.1) is 0 Å². The van der Waals surface area contributed by atoms with Crippen LogP contribution in [0.25, 0.3) is 0 Å². The van der Waals surface area contributed by atoms with Crippen molar-refractivity contribution in [2.75, 3.05) is 13.2 Å². The zero-order valence-electron chi connectivity index (χ0n) is 10.0. The molecule has 0 saturated heterocycles. The summed E-state index contributed by atoms with van der Waals surface area (Å²) in [5.41, 5.74) is 1.24. The maximum absolute atomic E-state index is 5.59. The van der Waals surface area contributed by atoms with Crippen molar-refractivity contribution in [3.8, 4) is 11.5 Å². The highest BCUT2D eigenvalue weighted by Crippen LogP contribution is 2.14. The summed E-state index contributed by atoms with van der Waals surface area (Å²) in [4.78, 5) is 0. The summed E-state index contributed by atoms with van der Waals surface area (Å²) in [5.74, 6) is 1.74. The van der Waals surface area contributed by atoms with E-state index in [1.54, 1.807) is 0 Å². The Morgan fingerprint density at radius 2 is 1.28 bits per heavy atom. The van der Waals surface area contributed by atoms with Gasteiger partial charge in [0.25, 0.3) is 0 Å². The molecule has 94 valence electrons. The molecule has 2 aromatic carbocycles. The van der Waals surface area contributed by atoms with Gasteiger partial charge in [0.15, 0.2) is 0 Å². The number of hydrogen-bond acceptors (Lipinski definition) is 2. The molecule has 0 radical (unpaired) electrons. The Kier molecular flexibility index (Phi) is 5.09. The van der Waals surface area contributed by atoms with E-state index in [0.29, 0.717) is 13.2 Å². The van der Waals surface area contributed by atoms with Crippen LogP contribution in [-0.4, -0.2) is 13.2 Å². The molecule has 0 N–H and O–H groups in total. The summed E-state index contributed by atoms with van der Waals surface area (Å²) in [5, 5.41) is 0.865. The van der Waals surface area contributed by atoms with Crippen LogP contribution in [0.2, 0.25) is 0 Å². The van der Waals surface area contributed by atoms with Crippen LogP contribution >= 0.6 is 15.9 Å². The van der Waals surface area contributed by atoms with Gasteiger partial charge in [0.1, 0.15) is 24.7 Å². The fourth-order valence-electron chi connectivity index (χ4n) is 1.51. The number of ether oxygens (including phenoxy) is 2. The van der Waals surface area contributed by atoms with E-state index in [-0.39, 0.29) is 0 Å². The Hall–Kier alpha value is -1.48. The van der Waals surface area contributed by atoms with E-state index >= 15 is 0 Å². The number of para-hydroxylation sites is 1. The molecule has 0 saturated carbocycles. The summed E-state index contributed by atoms with van der Waals surface area (Å²) in [6.45, 7) is 1.09. The first-order valence-electron chi connectivity index (χ1n) is 5.84. The van der Waals surface area contributed by atoms with Crippen molar-refractivity contribution in [2.24, 2.45) is 0 Å². The van der Waals surface area contributed by atoms with E-state index in [9.17, 15) is 0 Å². The molecule has 0 atom stereocenters. The monoisotopic (exact) mass is 306 g/mol. The highest BCUT2D eigenvalue weighted by Gasteiger charge is 1.95. The van der Waals surface area contributed by atoms with Crippen LogP contribution in [0.3, 0.4) is 0 Å². The minimum absolute atomic E-state index is 0.544. The summed E-state index contributed by atoms with van der Waals surface area (Å²) >= 11 is 3.41. The molecular weight excluding hydrogens is 292 g/mol. The largest absolute Gasteiger partial charge is 0.490 e. The van der Waals surface area contributed by atoms with Crippen LogP contribution in [-0.2, 0) is 5.33 Å². The number of halogens is 1. The van der Waals surface area contributed by atoms with Gasteiger partial charge in [0.05, 0.1) is 0 Å². The molecule has 0 aliphatic rings. The number of rotatable bonds is 6. The first kappa shape index (κ1) is 13.0. The molecule has 0 aromatic heterocycles. The maximum Gasteiger partial charge on any atom is 0.122 e. The van der Waals surface area contributed by atoms with Crippen molar-refractivity contribution < 1.29 is 9.47 Å². The molecular formula is C15H15BrO2. The topological polar surface area (TPSA) is 18.5 Å². The molecule has 0 aliphatic carbocycles. The Morgan fingerprint density at radius 3 is 1.83 bits per heavy atom. The first-order chi connectivity index (χ1) is 8.88. The van der Waals surface area contributed by atoms with Crippen molar-refractivity contribution >= 4 is 15.9 Å². The molecule has 0 spiro atoms. The zero-order chi connectivity index (χ0) is 12.6. The molecule has 0 fully saturated rings. The fourth-order valence-corrected chi connectivity index (χ4v) is 1.88. The second-order valence-corrected chi connectivity index (χ2v) is 4.35. The molecule has 2 aromatic rings. The summed E-state index contributed by atoms with van der Waals surface area (Å²) < 4.78 is 11.1. The minimum atomic E-state index is 0.544. The van der Waals surface area contributed by atoms with Crippen LogP contribution in [0.15, 0.2) is 54.6 Å². The van der Waals surface area contributed by atoms with Gasteiger partial charge in [-0.05, 0) is 29.8 Å². The maximum atomic E-state index is 5.59. The van der Waals surface area contributed by atoms with Crippen molar-refractivity contribution in [1.29, 1.82) is 0 Å². The van der Waals surface area contributed by atoms with E-state index in [4.69, 9.17) is 9.47 Å². The fraction of sp³-hybridized carbons (Fsp3) is 0.200. The predicted molar refractivity (Wildman–Crippen MR) is 76.5 cm³/mol. The SMILES string of the molecule is BrCc1ccc(OCCOc2ccccc2)cc1. The van der Waals surface area contributed by atoms with Crippen LogP contribution in [0.1, 0.15) is 5.56 Å². The quantitative estimate of drug-likeness (QED) is 0.592. The normalized spacial score (nSPS) is 10.1.